The van der Waals surface area contributed by atoms with Crippen molar-refractivity contribution < 1.29 is 8.78 Å². The average Bonchev–Trinajstić information content (AvgIpc) is 2.50. The van der Waals surface area contributed by atoms with Crippen LogP contribution in [0.5, 0.6) is 0 Å². The molecule has 0 radical (unpaired) electrons. The molecule has 0 aromatic carbocycles. The average molecular weight is 324 g/mol. The Balaban J connectivity index is 4.60. The molecule has 0 fully saturated rings. The second-order valence-electron chi connectivity index (χ2n) is 6.19. The highest BCUT2D eigenvalue weighted by Crippen LogP contribution is 2.34. The van der Waals surface area contributed by atoms with E-state index in [9.17, 15) is 8.78 Å². The molecule has 0 saturated carbocycles. The SMILES string of the molecule is C=C/C=C\C(=C/C)CCNC(CC#N)CC(C)(CC)CC(F)F. The van der Waals surface area contributed by atoms with E-state index in [0.717, 1.165) is 13.0 Å². The summed E-state index contributed by atoms with van der Waals surface area (Å²) in [4.78, 5) is 0. The summed E-state index contributed by atoms with van der Waals surface area (Å²) in [5, 5.41) is 12.3. The number of nitrogens with one attached hydrogen (secondary N) is 1. The summed E-state index contributed by atoms with van der Waals surface area (Å²) in [5.74, 6) is 0. The van der Waals surface area contributed by atoms with Crippen LogP contribution in [0.3, 0.4) is 0 Å². The summed E-state index contributed by atoms with van der Waals surface area (Å²) in [6, 6.07) is 2.11. The monoisotopic (exact) mass is 324 g/mol. The Labute approximate surface area is 140 Å². The molecule has 0 aromatic heterocycles. The van der Waals surface area contributed by atoms with E-state index in [1.807, 2.05) is 39.0 Å². The van der Waals surface area contributed by atoms with Gasteiger partial charge in [-0.25, -0.2) is 8.78 Å². The van der Waals surface area contributed by atoms with Crippen molar-refractivity contribution in [3.63, 3.8) is 0 Å². The maximum Gasteiger partial charge on any atom is 0.239 e. The third-order valence-corrected chi connectivity index (χ3v) is 4.24. The van der Waals surface area contributed by atoms with Crippen molar-refractivity contribution in [1.29, 1.82) is 5.26 Å². The fourth-order valence-corrected chi connectivity index (χ4v) is 2.60. The van der Waals surface area contributed by atoms with E-state index in [1.54, 1.807) is 6.08 Å². The largest absolute Gasteiger partial charge is 0.313 e. The van der Waals surface area contributed by atoms with Gasteiger partial charge in [0.25, 0.3) is 0 Å². The standard InChI is InChI=1S/C19H30F2N2/c1-5-8-9-16(6-2)11-13-23-17(10-12-22)14-19(4,7-3)15-18(20)21/h5-6,8-9,17-18,23H,1,7,10-11,13-15H2,2-4H3/b9-8-,16-6+. The number of hydrogen-bond donors (Lipinski definition) is 1. The molecule has 23 heavy (non-hydrogen) atoms. The van der Waals surface area contributed by atoms with Gasteiger partial charge in [0.2, 0.25) is 6.43 Å². The second-order valence-corrected chi connectivity index (χ2v) is 6.19. The van der Waals surface area contributed by atoms with Crippen LogP contribution in [-0.4, -0.2) is 19.0 Å². The molecular formula is C19H30F2N2. The van der Waals surface area contributed by atoms with Gasteiger partial charge in [0.05, 0.1) is 12.5 Å². The summed E-state index contributed by atoms with van der Waals surface area (Å²) < 4.78 is 25.5. The highest BCUT2D eigenvalue weighted by molar-refractivity contribution is 5.21. The van der Waals surface area contributed by atoms with Gasteiger partial charge in [-0.1, -0.05) is 56.7 Å². The Hall–Kier alpha value is -1.47. The van der Waals surface area contributed by atoms with Gasteiger partial charge in [0.15, 0.2) is 0 Å². The molecule has 0 aliphatic heterocycles. The first-order chi connectivity index (χ1) is 10.9. The predicted molar refractivity (Wildman–Crippen MR) is 93.4 cm³/mol. The van der Waals surface area contributed by atoms with Crippen LogP contribution in [0.25, 0.3) is 0 Å². The van der Waals surface area contributed by atoms with Crippen LogP contribution < -0.4 is 5.32 Å². The number of halogens is 2. The van der Waals surface area contributed by atoms with Crippen LogP contribution in [0.15, 0.2) is 36.5 Å². The molecule has 2 nitrogen and oxygen atoms in total. The number of nitriles is 1. The lowest BCUT2D eigenvalue weighted by molar-refractivity contribution is 0.0674. The van der Waals surface area contributed by atoms with E-state index >= 15 is 0 Å². The van der Waals surface area contributed by atoms with Gasteiger partial charge in [-0.3, -0.25) is 0 Å². The van der Waals surface area contributed by atoms with Crippen molar-refractivity contribution in [3.8, 4) is 6.07 Å². The van der Waals surface area contributed by atoms with Crippen LogP contribution in [0, 0.1) is 16.7 Å². The van der Waals surface area contributed by atoms with Gasteiger partial charge >= 0.3 is 0 Å². The smallest absolute Gasteiger partial charge is 0.239 e. The zero-order valence-electron chi connectivity index (χ0n) is 14.6. The molecular weight excluding hydrogens is 294 g/mol. The predicted octanol–water partition coefficient (Wildman–Crippen LogP) is 5.40. The first-order valence-electron chi connectivity index (χ1n) is 8.23. The van der Waals surface area contributed by atoms with E-state index in [-0.39, 0.29) is 12.5 Å². The number of nitrogens with zero attached hydrogens (tertiary/aromatic N) is 1. The summed E-state index contributed by atoms with van der Waals surface area (Å²) in [5.41, 5.74) is 0.744. The lowest BCUT2D eigenvalue weighted by atomic mass is 9.78. The van der Waals surface area contributed by atoms with Crippen molar-refractivity contribution >= 4 is 0 Å². The molecule has 0 aliphatic rings. The zero-order chi connectivity index (χ0) is 17.7. The summed E-state index contributed by atoms with van der Waals surface area (Å²) >= 11 is 0. The molecule has 130 valence electrons. The molecule has 0 saturated heterocycles. The Morgan fingerprint density at radius 2 is 2.09 bits per heavy atom. The molecule has 0 spiro atoms. The Morgan fingerprint density at radius 3 is 2.57 bits per heavy atom. The molecule has 2 unspecified atom stereocenters. The maximum atomic E-state index is 12.8. The first kappa shape index (κ1) is 21.5. The summed E-state index contributed by atoms with van der Waals surface area (Å²) in [6.45, 7) is 10.2. The van der Waals surface area contributed by atoms with Crippen LogP contribution in [0.1, 0.15) is 52.9 Å². The lowest BCUT2D eigenvalue weighted by Gasteiger charge is -2.32. The van der Waals surface area contributed by atoms with Crippen molar-refractivity contribution in [2.24, 2.45) is 5.41 Å². The third-order valence-electron chi connectivity index (χ3n) is 4.24. The number of allylic oxidation sites excluding steroid dienone is 4. The van der Waals surface area contributed by atoms with Gasteiger partial charge in [-0.15, -0.1) is 0 Å². The highest BCUT2D eigenvalue weighted by atomic mass is 19.3. The molecule has 0 aliphatic carbocycles. The van der Waals surface area contributed by atoms with Crippen molar-refractivity contribution in [3.05, 3.63) is 36.5 Å². The zero-order valence-corrected chi connectivity index (χ0v) is 14.6. The minimum absolute atomic E-state index is 0.0507. The van der Waals surface area contributed by atoms with Crippen LogP contribution in [-0.2, 0) is 0 Å². The topological polar surface area (TPSA) is 35.8 Å². The fraction of sp³-hybridized carbons (Fsp3) is 0.632. The van der Waals surface area contributed by atoms with E-state index in [1.165, 1.54) is 5.57 Å². The van der Waals surface area contributed by atoms with Crippen molar-refractivity contribution in [2.75, 3.05) is 6.54 Å². The van der Waals surface area contributed by atoms with E-state index in [2.05, 4.69) is 18.0 Å². The summed E-state index contributed by atoms with van der Waals surface area (Å²) in [7, 11) is 0. The second kappa shape index (κ2) is 12.0. The van der Waals surface area contributed by atoms with E-state index in [0.29, 0.717) is 19.3 Å². The minimum atomic E-state index is -2.30. The maximum absolute atomic E-state index is 12.8. The van der Waals surface area contributed by atoms with Crippen molar-refractivity contribution in [1.82, 2.24) is 5.32 Å². The Morgan fingerprint density at radius 1 is 1.39 bits per heavy atom. The van der Waals surface area contributed by atoms with Crippen molar-refractivity contribution in [2.45, 2.75) is 65.3 Å². The van der Waals surface area contributed by atoms with Gasteiger partial charge < -0.3 is 5.32 Å². The minimum Gasteiger partial charge on any atom is -0.313 e. The lowest BCUT2D eigenvalue weighted by Crippen LogP contribution is -2.36. The van der Waals surface area contributed by atoms with Gasteiger partial charge in [0, 0.05) is 12.5 Å². The Bertz CT molecular complexity index is 435. The fourth-order valence-electron chi connectivity index (χ4n) is 2.60. The number of hydrogen-bond acceptors (Lipinski definition) is 2. The molecule has 0 amide bonds. The number of alkyl halides is 2. The molecule has 1 N–H and O–H groups in total. The Kier molecular flexibility index (Phi) is 11.2. The molecule has 0 aromatic rings. The summed E-state index contributed by atoms with van der Waals surface area (Å²) in [6.07, 6.45) is 7.68. The third kappa shape index (κ3) is 10.0. The normalized spacial score (nSPS) is 16.3. The quantitative estimate of drug-likeness (QED) is 0.488. The molecule has 0 heterocycles. The molecule has 0 bridgehead atoms. The van der Waals surface area contributed by atoms with E-state index < -0.39 is 11.8 Å². The molecule has 4 heteroatoms. The molecule has 2 atom stereocenters. The van der Waals surface area contributed by atoms with Gasteiger partial charge in [0.1, 0.15) is 0 Å². The van der Waals surface area contributed by atoms with Gasteiger partial charge in [-0.05, 0) is 31.7 Å². The van der Waals surface area contributed by atoms with Gasteiger partial charge in [-0.2, -0.15) is 5.26 Å². The molecule has 0 rings (SSSR count). The first-order valence-corrected chi connectivity index (χ1v) is 8.23. The van der Waals surface area contributed by atoms with Crippen LogP contribution in [0.2, 0.25) is 0 Å². The van der Waals surface area contributed by atoms with Crippen LogP contribution >= 0.6 is 0 Å². The number of rotatable bonds is 12. The highest BCUT2D eigenvalue weighted by Gasteiger charge is 2.29. The van der Waals surface area contributed by atoms with E-state index in [4.69, 9.17) is 5.26 Å². The van der Waals surface area contributed by atoms with Crippen LogP contribution in [0.4, 0.5) is 8.78 Å².